The van der Waals surface area contributed by atoms with Crippen molar-refractivity contribution in [3.63, 3.8) is 0 Å². The number of carbonyl (C=O) groups is 1. The second-order valence-corrected chi connectivity index (χ2v) is 4.85. The van der Waals surface area contributed by atoms with Crippen LogP contribution >= 0.6 is 0 Å². The van der Waals surface area contributed by atoms with Crippen molar-refractivity contribution in [3.8, 4) is 5.82 Å². The van der Waals surface area contributed by atoms with E-state index in [9.17, 15) is 4.79 Å². The van der Waals surface area contributed by atoms with E-state index in [1.54, 1.807) is 19.1 Å². The summed E-state index contributed by atoms with van der Waals surface area (Å²) in [5.41, 5.74) is 8.28. The first-order valence-corrected chi connectivity index (χ1v) is 7.02. The summed E-state index contributed by atoms with van der Waals surface area (Å²) in [7, 11) is 1.46. The average molecular weight is 346 g/mol. The Morgan fingerprint density at radius 2 is 2.32 bits per heavy atom. The zero-order valence-electron chi connectivity index (χ0n) is 13.3. The van der Waals surface area contributed by atoms with Gasteiger partial charge in [-0.1, -0.05) is 5.21 Å². The Morgan fingerprint density at radius 1 is 1.48 bits per heavy atom. The third-order valence-electron chi connectivity index (χ3n) is 3.07. The van der Waals surface area contributed by atoms with Crippen molar-refractivity contribution < 1.29 is 18.6 Å². The van der Waals surface area contributed by atoms with Gasteiger partial charge in [0.15, 0.2) is 5.69 Å². The SMILES string of the molecule is COCc1c(C(=O)N/N=C/c2ccc(C)o2)nnn1-c1nonc1N. The average Bonchev–Trinajstić information content (AvgIpc) is 3.28. The summed E-state index contributed by atoms with van der Waals surface area (Å²) in [5.74, 6) is 0.748. The number of aromatic nitrogens is 5. The number of anilines is 1. The molecule has 0 unspecified atom stereocenters. The van der Waals surface area contributed by atoms with E-state index < -0.39 is 5.91 Å². The zero-order valence-corrected chi connectivity index (χ0v) is 13.3. The fraction of sp³-hybridized carbons (Fsp3) is 0.231. The molecule has 3 aromatic heterocycles. The highest BCUT2D eigenvalue weighted by molar-refractivity contribution is 5.94. The minimum absolute atomic E-state index is 0.000390. The van der Waals surface area contributed by atoms with E-state index in [0.717, 1.165) is 5.76 Å². The third-order valence-corrected chi connectivity index (χ3v) is 3.07. The van der Waals surface area contributed by atoms with Crippen LogP contribution in [0.3, 0.4) is 0 Å². The third kappa shape index (κ3) is 3.37. The topological polar surface area (TPSA) is 159 Å². The number of nitrogens with zero attached hydrogens (tertiary/aromatic N) is 6. The molecular weight excluding hydrogens is 332 g/mol. The molecule has 130 valence electrons. The molecule has 0 aliphatic carbocycles. The van der Waals surface area contributed by atoms with Crippen molar-refractivity contribution in [2.24, 2.45) is 5.10 Å². The van der Waals surface area contributed by atoms with Crippen molar-refractivity contribution in [2.75, 3.05) is 12.8 Å². The van der Waals surface area contributed by atoms with E-state index in [-0.39, 0.29) is 23.9 Å². The van der Waals surface area contributed by atoms with Gasteiger partial charge in [-0.15, -0.1) is 5.10 Å². The van der Waals surface area contributed by atoms with Crippen LogP contribution in [0.15, 0.2) is 26.3 Å². The van der Waals surface area contributed by atoms with Crippen LogP contribution < -0.4 is 11.2 Å². The van der Waals surface area contributed by atoms with Gasteiger partial charge in [-0.3, -0.25) is 4.79 Å². The lowest BCUT2D eigenvalue weighted by Gasteiger charge is -2.03. The van der Waals surface area contributed by atoms with Crippen molar-refractivity contribution in [3.05, 3.63) is 35.0 Å². The minimum Gasteiger partial charge on any atom is -0.460 e. The van der Waals surface area contributed by atoms with E-state index in [0.29, 0.717) is 11.5 Å². The Morgan fingerprint density at radius 3 is 2.96 bits per heavy atom. The van der Waals surface area contributed by atoms with Gasteiger partial charge in [0, 0.05) is 7.11 Å². The second kappa shape index (κ2) is 6.92. The Balaban J connectivity index is 1.81. The van der Waals surface area contributed by atoms with Crippen LogP contribution in [-0.4, -0.2) is 44.5 Å². The number of hydrazone groups is 1. The first-order valence-electron chi connectivity index (χ1n) is 7.02. The number of hydrogen-bond donors (Lipinski definition) is 2. The van der Waals surface area contributed by atoms with Crippen molar-refractivity contribution in [1.82, 2.24) is 30.7 Å². The molecule has 0 atom stereocenters. The number of nitrogen functional groups attached to an aromatic ring is 1. The Bertz CT molecular complexity index is 909. The normalized spacial score (nSPS) is 11.3. The molecular formula is C13H14N8O4. The molecule has 0 radical (unpaired) electrons. The number of nitrogens with two attached hydrogens (primary N) is 1. The van der Waals surface area contributed by atoms with Crippen LogP contribution in [0.1, 0.15) is 27.7 Å². The number of carbonyl (C=O) groups excluding carboxylic acids is 1. The molecule has 0 saturated heterocycles. The maximum atomic E-state index is 12.3. The summed E-state index contributed by atoms with van der Waals surface area (Å²) in [6, 6.07) is 3.50. The highest BCUT2D eigenvalue weighted by Crippen LogP contribution is 2.16. The van der Waals surface area contributed by atoms with E-state index in [1.165, 1.54) is 18.0 Å². The standard InChI is InChI=1S/C13H14N8O4/c1-7-3-4-8(24-7)5-15-17-13(22)10-9(6-23-2)21(20-16-10)12-11(14)18-25-19-12/h3-5H,6H2,1-2H3,(H2,14,18)(H,17,22)/b15-5+. The number of aryl methyl sites for hydroxylation is 1. The highest BCUT2D eigenvalue weighted by Gasteiger charge is 2.23. The van der Waals surface area contributed by atoms with Crippen LogP contribution in [0, 0.1) is 6.92 Å². The summed E-state index contributed by atoms with van der Waals surface area (Å²) >= 11 is 0. The minimum atomic E-state index is -0.590. The summed E-state index contributed by atoms with van der Waals surface area (Å²) < 4.78 is 16.1. The molecule has 0 bridgehead atoms. The van der Waals surface area contributed by atoms with Gasteiger partial charge in [0.1, 0.15) is 17.2 Å². The smallest absolute Gasteiger partial charge is 0.293 e. The lowest BCUT2D eigenvalue weighted by atomic mass is 10.3. The first-order chi connectivity index (χ1) is 12.1. The molecule has 25 heavy (non-hydrogen) atoms. The van der Waals surface area contributed by atoms with Crippen LogP contribution in [-0.2, 0) is 11.3 Å². The van der Waals surface area contributed by atoms with Crippen LogP contribution in [0.2, 0.25) is 0 Å². The van der Waals surface area contributed by atoms with Gasteiger partial charge in [-0.25, -0.2) is 10.1 Å². The molecule has 3 aromatic rings. The molecule has 0 aliphatic rings. The molecule has 1 amide bonds. The number of rotatable bonds is 6. The van der Waals surface area contributed by atoms with Gasteiger partial charge < -0.3 is 14.9 Å². The van der Waals surface area contributed by atoms with Crippen molar-refractivity contribution in [2.45, 2.75) is 13.5 Å². The fourth-order valence-corrected chi connectivity index (χ4v) is 1.98. The molecule has 3 rings (SSSR count). The molecule has 0 saturated carbocycles. The molecule has 3 N–H and O–H groups in total. The van der Waals surface area contributed by atoms with Gasteiger partial charge >= 0.3 is 0 Å². The number of ether oxygens (including phenoxy) is 1. The van der Waals surface area contributed by atoms with E-state index in [1.807, 2.05) is 0 Å². The van der Waals surface area contributed by atoms with Gasteiger partial charge in [-0.05, 0) is 29.4 Å². The number of amides is 1. The largest absolute Gasteiger partial charge is 0.460 e. The van der Waals surface area contributed by atoms with E-state index >= 15 is 0 Å². The van der Waals surface area contributed by atoms with Gasteiger partial charge in [0.25, 0.3) is 5.91 Å². The summed E-state index contributed by atoms with van der Waals surface area (Å²) in [6.45, 7) is 1.83. The van der Waals surface area contributed by atoms with Gasteiger partial charge in [0.05, 0.1) is 12.8 Å². The molecule has 12 nitrogen and oxygen atoms in total. The lowest BCUT2D eigenvalue weighted by molar-refractivity contribution is 0.0944. The Labute approximate surface area is 140 Å². The number of nitrogens with one attached hydrogen (secondary N) is 1. The Hall–Kier alpha value is -3.54. The van der Waals surface area contributed by atoms with Crippen molar-refractivity contribution in [1.29, 1.82) is 0 Å². The molecule has 12 heteroatoms. The van der Waals surface area contributed by atoms with Crippen LogP contribution in [0.4, 0.5) is 5.82 Å². The number of furan rings is 1. The Kier molecular flexibility index (Phi) is 4.52. The van der Waals surface area contributed by atoms with Gasteiger partial charge in [0.2, 0.25) is 11.6 Å². The molecule has 0 fully saturated rings. The molecule has 3 heterocycles. The van der Waals surface area contributed by atoms with Crippen LogP contribution in [0.25, 0.3) is 5.82 Å². The maximum absolute atomic E-state index is 12.3. The second-order valence-electron chi connectivity index (χ2n) is 4.85. The lowest BCUT2D eigenvalue weighted by Crippen LogP contribution is -2.20. The molecule has 0 spiro atoms. The van der Waals surface area contributed by atoms with E-state index in [4.69, 9.17) is 14.9 Å². The van der Waals surface area contributed by atoms with Crippen LogP contribution in [0.5, 0.6) is 0 Å². The van der Waals surface area contributed by atoms with Crippen molar-refractivity contribution >= 4 is 17.9 Å². The number of hydrogen-bond acceptors (Lipinski definition) is 10. The maximum Gasteiger partial charge on any atom is 0.293 e. The number of methoxy groups -OCH3 is 1. The quantitative estimate of drug-likeness (QED) is 0.464. The monoisotopic (exact) mass is 346 g/mol. The predicted octanol–water partition coefficient (Wildman–Crippen LogP) is 0.0442. The predicted molar refractivity (Wildman–Crippen MR) is 82.8 cm³/mol. The van der Waals surface area contributed by atoms with Gasteiger partial charge in [-0.2, -0.15) is 9.78 Å². The summed E-state index contributed by atoms with van der Waals surface area (Å²) in [6.07, 6.45) is 1.37. The fourth-order valence-electron chi connectivity index (χ4n) is 1.98. The zero-order chi connectivity index (χ0) is 17.8. The molecule has 0 aliphatic heterocycles. The summed E-state index contributed by atoms with van der Waals surface area (Å²) in [4.78, 5) is 12.3. The highest BCUT2D eigenvalue weighted by atomic mass is 16.6. The molecule has 0 aromatic carbocycles. The summed E-state index contributed by atoms with van der Waals surface area (Å²) in [5, 5.41) is 18.6. The van der Waals surface area contributed by atoms with E-state index in [2.05, 4.69) is 35.8 Å². The first kappa shape index (κ1) is 16.3.